The molecule has 0 radical (unpaired) electrons. The van der Waals surface area contributed by atoms with Gasteiger partial charge in [-0.25, -0.2) is 9.78 Å². The molecule has 0 rings (SSSR count). The minimum Gasteiger partial charge on any atom is -0.394 e. The first-order valence-electron chi connectivity index (χ1n) is 12.2. The molecule has 3 N–H and O–H groups in total. The number of hydrogen-bond donors (Lipinski definition) is 3. The van der Waals surface area contributed by atoms with Crippen molar-refractivity contribution in [3.8, 4) is 0 Å². The molecule has 0 heterocycles. The SMILES string of the molecule is CC(C)CCCCCCCOOC(OCCCCCCCC(C)C)[C@H](O)[C@H](O)CO. The van der Waals surface area contributed by atoms with Crippen molar-refractivity contribution in [2.75, 3.05) is 19.8 Å². The van der Waals surface area contributed by atoms with Gasteiger partial charge in [-0.1, -0.05) is 91.9 Å². The highest BCUT2D eigenvalue weighted by molar-refractivity contribution is 4.69. The average molecular weight is 435 g/mol. The zero-order valence-corrected chi connectivity index (χ0v) is 20.1. The lowest BCUT2D eigenvalue weighted by atomic mass is 10.0. The van der Waals surface area contributed by atoms with Gasteiger partial charge in [0.25, 0.3) is 0 Å². The van der Waals surface area contributed by atoms with Crippen molar-refractivity contribution in [3.63, 3.8) is 0 Å². The van der Waals surface area contributed by atoms with E-state index in [1.807, 2.05) is 0 Å². The van der Waals surface area contributed by atoms with Crippen LogP contribution in [0.2, 0.25) is 0 Å². The smallest absolute Gasteiger partial charge is 0.220 e. The molecule has 1 unspecified atom stereocenters. The summed E-state index contributed by atoms with van der Waals surface area (Å²) in [4.78, 5) is 10.4. The molecule has 0 aliphatic carbocycles. The molecule has 0 aromatic heterocycles. The molecule has 0 aliphatic rings. The Morgan fingerprint density at radius 3 is 1.60 bits per heavy atom. The minimum atomic E-state index is -1.35. The van der Waals surface area contributed by atoms with E-state index in [0.717, 1.165) is 43.9 Å². The van der Waals surface area contributed by atoms with Gasteiger partial charge in [-0.3, -0.25) is 0 Å². The zero-order chi connectivity index (χ0) is 22.6. The minimum absolute atomic E-state index is 0.418. The molecule has 6 heteroatoms. The van der Waals surface area contributed by atoms with Crippen LogP contribution in [0.4, 0.5) is 0 Å². The van der Waals surface area contributed by atoms with Gasteiger partial charge in [-0.15, -0.1) is 0 Å². The predicted octanol–water partition coefficient (Wildman–Crippen LogP) is 4.98. The lowest BCUT2D eigenvalue weighted by Crippen LogP contribution is -2.42. The Kier molecular flexibility index (Phi) is 20.5. The van der Waals surface area contributed by atoms with Crippen molar-refractivity contribution in [1.29, 1.82) is 0 Å². The summed E-state index contributed by atoms with van der Waals surface area (Å²) in [7, 11) is 0. The summed E-state index contributed by atoms with van der Waals surface area (Å²) < 4.78 is 5.59. The maximum Gasteiger partial charge on any atom is 0.220 e. The van der Waals surface area contributed by atoms with Crippen LogP contribution in [0.3, 0.4) is 0 Å². The van der Waals surface area contributed by atoms with E-state index in [9.17, 15) is 10.2 Å². The van der Waals surface area contributed by atoms with Gasteiger partial charge in [0.05, 0.1) is 13.2 Å². The molecule has 6 nitrogen and oxygen atoms in total. The molecule has 0 amide bonds. The van der Waals surface area contributed by atoms with E-state index in [4.69, 9.17) is 19.6 Å². The molecule has 30 heavy (non-hydrogen) atoms. The number of rotatable bonds is 22. The third-order valence-corrected chi connectivity index (χ3v) is 5.24. The summed E-state index contributed by atoms with van der Waals surface area (Å²) in [5, 5.41) is 28.9. The average Bonchev–Trinajstić information content (AvgIpc) is 2.71. The Bertz CT molecular complexity index is 351. The van der Waals surface area contributed by atoms with Crippen molar-refractivity contribution in [2.45, 2.75) is 123 Å². The largest absolute Gasteiger partial charge is 0.394 e. The lowest BCUT2D eigenvalue weighted by Gasteiger charge is -2.25. The molecule has 0 aliphatic heterocycles. The van der Waals surface area contributed by atoms with Crippen molar-refractivity contribution in [3.05, 3.63) is 0 Å². The summed E-state index contributed by atoms with van der Waals surface area (Å²) in [6, 6.07) is 0. The van der Waals surface area contributed by atoms with Gasteiger partial charge < -0.3 is 20.1 Å². The molecule has 3 atom stereocenters. The monoisotopic (exact) mass is 434 g/mol. The van der Waals surface area contributed by atoms with Crippen LogP contribution in [-0.4, -0.2) is 53.6 Å². The fourth-order valence-corrected chi connectivity index (χ4v) is 3.22. The molecular formula is C24H50O6. The number of unbranched alkanes of at least 4 members (excludes halogenated alkanes) is 8. The third kappa shape index (κ3) is 18.5. The number of ether oxygens (including phenoxy) is 1. The molecule has 0 fully saturated rings. The first-order valence-corrected chi connectivity index (χ1v) is 12.2. The topological polar surface area (TPSA) is 88.4 Å². The van der Waals surface area contributed by atoms with Crippen LogP contribution in [0.25, 0.3) is 0 Å². The van der Waals surface area contributed by atoms with Crippen molar-refractivity contribution in [1.82, 2.24) is 0 Å². The van der Waals surface area contributed by atoms with E-state index in [-0.39, 0.29) is 0 Å². The molecule has 0 aromatic carbocycles. The Morgan fingerprint density at radius 1 is 0.633 bits per heavy atom. The van der Waals surface area contributed by atoms with Gasteiger partial charge in [0.15, 0.2) is 0 Å². The van der Waals surface area contributed by atoms with Crippen molar-refractivity contribution in [2.24, 2.45) is 11.8 Å². The summed E-state index contributed by atoms with van der Waals surface area (Å²) in [5.41, 5.74) is 0. The molecule has 0 spiro atoms. The quantitative estimate of drug-likeness (QED) is 0.0963. The Hall–Kier alpha value is -0.240. The van der Waals surface area contributed by atoms with Crippen LogP contribution >= 0.6 is 0 Å². The van der Waals surface area contributed by atoms with Crippen molar-refractivity contribution >= 4 is 0 Å². The van der Waals surface area contributed by atoms with Gasteiger partial charge >= 0.3 is 0 Å². The predicted molar refractivity (Wildman–Crippen MR) is 121 cm³/mol. The van der Waals surface area contributed by atoms with Crippen LogP contribution in [-0.2, 0) is 14.5 Å². The van der Waals surface area contributed by atoms with E-state index in [1.165, 1.54) is 44.9 Å². The van der Waals surface area contributed by atoms with Crippen LogP contribution in [0.1, 0.15) is 105 Å². The molecule has 182 valence electrons. The maximum atomic E-state index is 10.1. The number of hydrogen-bond acceptors (Lipinski definition) is 6. The highest BCUT2D eigenvalue weighted by Gasteiger charge is 2.28. The Balaban J connectivity index is 3.91. The van der Waals surface area contributed by atoms with Crippen LogP contribution in [0.5, 0.6) is 0 Å². The highest BCUT2D eigenvalue weighted by Crippen LogP contribution is 2.13. The molecular weight excluding hydrogens is 384 g/mol. The Morgan fingerprint density at radius 2 is 1.10 bits per heavy atom. The molecule has 0 bridgehead atoms. The second kappa shape index (κ2) is 20.7. The number of aliphatic hydroxyl groups excluding tert-OH is 3. The fraction of sp³-hybridized carbons (Fsp3) is 1.00. The number of aliphatic hydroxyl groups is 3. The molecule has 0 saturated heterocycles. The summed E-state index contributed by atoms with van der Waals surface area (Å²) in [6.07, 6.45) is 9.99. The van der Waals surface area contributed by atoms with Crippen LogP contribution in [0, 0.1) is 11.8 Å². The third-order valence-electron chi connectivity index (χ3n) is 5.24. The summed E-state index contributed by atoms with van der Waals surface area (Å²) in [6.45, 7) is 9.27. The highest BCUT2D eigenvalue weighted by atomic mass is 17.2. The van der Waals surface area contributed by atoms with E-state index in [0.29, 0.717) is 13.2 Å². The lowest BCUT2D eigenvalue weighted by molar-refractivity contribution is -0.400. The standard InChI is InChI=1S/C24H50O6/c1-20(2)15-11-7-5-9-13-17-28-24(23(27)22(26)19-25)30-29-18-14-10-6-8-12-16-21(3)4/h20-27H,5-19H2,1-4H3/t22-,23-,24?/m1/s1. The van der Waals surface area contributed by atoms with Gasteiger partial charge in [0.2, 0.25) is 6.29 Å². The van der Waals surface area contributed by atoms with E-state index < -0.39 is 25.1 Å². The second-order valence-corrected chi connectivity index (χ2v) is 9.30. The van der Waals surface area contributed by atoms with Gasteiger partial charge in [-0.05, 0) is 24.7 Å². The van der Waals surface area contributed by atoms with Gasteiger partial charge in [0.1, 0.15) is 12.2 Å². The summed E-state index contributed by atoms with van der Waals surface area (Å²) >= 11 is 0. The zero-order valence-electron chi connectivity index (χ0n) is 20.1. The van der Waals surface area contributed by atoms with Crippen LogP contribution < -0.4 is 0 Å². The molecule has 0 saturated carbocycles. The van der Waals surface area contributed by atoms with E-state index >= 15 is 0 Å². The summed E-state index contributed by atoms with van der Waals surface area (Å²) in [5.74, 6) is 1.53. The first kappa shape index (κ1) is 29.8. The van der Waals surface area contributed by atoms with Gasteiger partial charge in [0, 0.05) is 6.61 Å². The second-order valence-electron chi connectivity index (χ2n) is 9.30. The van der Waals surface area contributed by atoms with E-state index in [1.54, 1.807) is 0 Å². The first-order chi connectivity index (χ1) is 14.4. The Labute approximate surface area is 185 Å². The van der Waals surface area contributed by atoms with Gasteiger partial charge in [-0.2, -0.15) is 0 Å². The fourth-order valence-electron chi connectivity index (χ4n) is 3.22. The maximum absolute atomic E-state index is 10.1. The van der Waals surface area contributed by atoms with Crippen molar-refractivity contribution < 1.29 is 29.8 Å². The normalized spacial score (nSPS) is 15.1. The van der Waals surface area contributed by atoms with E-state index in [2.05, 4.69) is 27.7 Å². The molecule has 0 aromatic rings. The van der Waals surface area contributed by atoms with Crippen LogP contribution in [0.15, 0.2) is 0 Å².